The molecule has 51 heavy (non-hydrogen) atoms. The zero-order chi connectivity index (χ0) is 37.5. The number of carbonyl (C=O) groups is 2. The van der Waals surface area contributed by atoms with E-state index in [2.05, 4.69) is 25.5 Å². The second-order valence-corrected chi connectivity index (χ2v) is 11.1. The van der Waals surface area contributed by atoms with E-state index in [1.54, 1.807) is 55.5 Å². The van der Waals surface area contributed by atoms with Crippen LogP contribution in [-0.4, -0.2) is 85.4 Å². The fourth-order valence-corrected chi connectivity index (χ4v) is 4.60. The summed E-state index contributed by atoms with van der Waals surface area (Å²) in [6.45, 7) is 4.49. The number of aromatic amines is 1. The topological polar surface area (TPSA) is 189 Å². The normalized spacial score (nSPS) is 11.9. The first-order valence-corrected chi connectivity index (χ1v) is 15.2. The third-order valence-electron chi connectivity index (χ3n) is 7.14. The van der Waals surface area contributed by atoms with E-state index in [4.69, 9.17) is 19.2 Å². The molecule has 0 aliphatic heterocycles. The molecule has 0 saturated carbocycles. The highest BCUT2D eigenvalue weighted by molar-refractivity contribution is 5.91. The Balaban J connectivity index is 0.000000755. The highest BCUT2D eigenvalue weighted by Crippen LogP contribution is 2.33. The zero-order valence-corrected chi connectivity index (χ0v) is 27.7. The first-order valence-electron chi connectivity index (χ1n) is 15.2. The van der Waals surface area contributed by atoms with Gasteiger partial charge in [-0.1, -0.05) is 30.3 Å². The van der Waals surface area contributed by atoms with Gasteiger partial charge < -0.3 is 29.7 Å². The van der Waals surface area contributed by atoms with Gasteiger partial charge in [-0.15, -0.1) is 5.10 Å². The fraction of sp³-hybridized carbons (Fsp3) is 0.273. The van der Waals surface area contributed by atoms with E-state index in [0.717, 1.165) is 10.2 Å². The summed E-state index contributed by atoms with van der Waals surface area (Å²) in [6, 6.07) is 15.5. The highest BCUT2D eigenvalue weighted by atomic mass is 19.4. The van der Waals surface area contributed by atoms with Gasteiger partial charge in [0.1, 0.15) is 12.6 Å². The van der Waals surface area contributed by atoms with Crippen LogP contribution in [0, 0.1) is 12.7 Å². The molecule has 270 valence electrons. The number of carboxylic acids is 2. The summed E-state index contributed by atoms with van der Waals surface area (Å²) in [5.74, 6) is -3.59. The summed E-state index contributed by atoms with van der Waals surface area (Å²) in [5.41, 5.74) is 1.57. The van der Waals surface area contributed by atoms with Crippen LogP contribution in [0.2, 0.25) is 0 Å². The van der Waals surface area contributed by atoms with Crippen LogP contribution in [0.3, 0.4) is 0 Å². The Kier molecular flexibility index (Phi) is 11.9. The van der Waals surface area contributed by atoms with Crippen molar-refractivity contribution in [3.05, 3.63) is 105 Å². The highest BCUT2D eigenvalue weighted by Gasteiger charge is 2.38. The quantitative estimate of drug-likeness (QED) is 0.125. The molecule has 5 rings (SSSR count). The number of ether oxygens (including phenoxy) is 1. The van der Waals surface area contributed by atoms with Gasteiger partial charge in [0.15, 0.2) is 17.4 Å². The summed E-state index contributed by atoms with van der Waals surface area (Å²) < 4.78 is 59.8. The number of carboxylic acid groups (broad SMARTS) is 2. The number of halogens is 4. The van der Waals surface area contributed by atoms with Crippen LogP contribution >= 0.6 is 0 Å². The molecule has 0 aliphatic rings. The minimum atomic E-state index is -5.08. The second-order valence-electron chi connectivity index (χ2n) is 11.1. The molecule has 5 aromatic rings. The lowest BCUT2D eigenvalue weighted by Crippen LogP contribution is -2.21. The molecular weight excluding hydrogens is 682 g/mol. The van der Waals surface area contributed by atoms with E-state index < -0.39 is 35.7 Å². The van der Waals surface area contributed by atoms with Gasteiger partial charge in [0.2, 0.25) is 11.7 Å². The van der Waals surface area contributed by atoms with E-state index in [1.165, 1.54) is 12.1 Å². The molecule has 0 spiro atoms. The van der Waals surface area contributed by atoms with Crippen LogP contribution in [0.15, 0.2) is 70.0 Å². The zero-order valence-electron chi connectivity index (χ0n) is 27.7. The monoisotopic (exact) mass is 715 g/mol. The number of anilines is 1. The first-order chi connectivity index (χ1) is 24.1. The van der Waals surface area contributed by atoms with Gasteiger partial charge in [-0.2, -0.15) is 22.8 Å². The Morgan fingerprint density at radius 3 is 2.33 bits per heavy atom. The largest absolute Gasteiger partial charge is 0.490 e. The third kappa shape index (κ3) is 9.56. The predicted octanol–water partition coefficient (Wildman–Crippen LogP) is 5.09. The average Bonchev–Trinajstić information content (AvgIpc) is 3.69. The maximum Gasteiger partial charge on any atom is 0.490 e. The van der Waals surface area contributed by atoms with Crippen LogP contribution < -0.4 is 15.7 Å². The van der Waals surface area contributed by atoms with Gasteiger partial charge in [0, 0.05) is 30.3 Å². The molecule has 1 atom stereocenters. The molecule has 2 heterocycles. The summed E-state index contributed by atoms with van der Waals surface area (Å²) in [6.07, 6.45) is -4.49. The number of benzene rings is 3. The lowest BCUT2D eigenvalue weighted by Gasteiger charge is -2.21. The molecule has 0 radical (unpaired) electrons. The number of rotatable bonds is 12. The van der Waals surface area contributed by atoms with Crippen molar-refractivity contribution >= 4 is 17.6 Å². The molecule has 0 bridgehead atoms. The minimum Gasteiger partial charge on any atom is -0.489 e. The van der Waals surface area contributed by atoms with Crippen LogP contribution in [0.25, 0.3) is 17.1 Å². The number of aromatic carboxylic acids is 1. The van der Waals surface area contributed by atoms with Crippen molar-refractivity contribution in [2.45, 2.75) is 32.5 Å². The van der Waals surface area contributed by atoms with Gasteiger partial charge in [-0.25, -0.2) is 18.8 Å². The summed E-state index contributed by atoms with van der Waals surface area (Å²) in [5, 5.41) is 28.5. The molecule has 0 aliphatic carbocycles. The maximum absolute atomic E-state index is 16.2. The Labute approximate surface area is 287 Å². The van der Waals surface area contributed by atoms with Gasteiger partial charge in [-0.3, -0.25) is 4.98 Å². The number of nitrogens with one attached hydrogen (secondary N) is 2. The molecule has 2 aromatic heterocycles. The number of nitrogens with zero attached hydrogens (tertiary/aromatic N) is 5. The van der Waals surface area contributed by atoms with E-state index in [0.29, 0.717) is 35.9 Å². The smallest absolute Gasteiger partial charge is 0.489 e. The number of hydrogen-bond donors (Lipinski definition) is 4. The lowest BCUT2D eigenvalue weighted by atomic mass is 10.00. The van der Waals surface area contributed by atoms with E-state index in [-0.39, 0.29) is 35.0 Å². The summed E-state index contributed by atoms with van der Waals surface area (Å²) in [7, 11) is 3.79. The van der Waals surface area contributed by atoms with E-state index in [9.17, 15) is 27.9 Å². The van der Waals surface area contributed by atoms with Crippen molar-refractivity contribution in [1.29, 1.82) is 0 Å². The molecule has 18 heteroatoms. The summed E-state index contributed by atoms with van der Waals surface area (Å²) >= 11 is 0. The molecule has 0 amide bonds. The Hall–Kier alpha value is -6.04. The van der Waals surface area contributed by atoms with Crippen molar-refractivity contribution in [2.24, 2.45) is 0 Å². The van der Waals surface area contributed by atoms with Crippen LogP contribution in [0.5, 0.6) is 5.75 Å². The number of aryl methyl sites for hydroxylation is 2. The average molecular weight is 716 g/mol. The third-order valence-corrected chi connectivity index (χ3v) is 7.14. The Morgan fingerprint density at radius 2 is 1.76 bits per heavy atom. The molecule has 3 aromatic carbocycles. The minimum absolute atomic E-state index is 0.0689. The molecule has 14 nitrogen and oxygen atoms in total. The number of aromatic nitrogens is 5. The number of para-hydroxylation sites is 1. The number of alkyl halides is 3. The van der Waals surface area contributed by atoms with Gasteiger partial charge in [-0.05, 0) is 68.5 Å². The van der Waals surface area contributed by atoms with Crippen molar-refractivity contribution in [1.82, 2.24) is 29.8 Å². The molecule has 4 N–H and O–H groups in total. The van der Waals surface area contributed by atoms with Gasteiger partial charge >= 0.3 is 23.8 Å². The van der Waals surface area contributed by atoms with E-state index >= 15 is 4.39 Å². The van der Waals surface area contributed by atoms with Crippen molar-refractivity contribution in [2.75, 3.05) is 32.6 Å². The van der Waals surface area contributed by atoms with E-state index in [1.807, 2.05) is 25.9 Å². The predicted molar refractivity (Wildman–Crippen MR) is 175 cm³/mol. The number of likely N-dealkylation sites (N-methyl/N-ethyl adjacent to an activating group) is 1. The van der Waals surface area contributed by atoms with Crippen LogP contribution in [0.1, 0.15) is 46.2 Å². The van der Waals surface area contributed by atoms with Crippen molar-refractivity contribution in [3.8, 4) is 22.8 Å². The van der Waals surface area contributed by atoms with Gasteiger partial charge in [0.05, 0.1) is 11.3 Å². The maximum atomic E-state index is 16.2. The second kappa shape index (κ2) is 16.1. The Bertz CT molecular complexity index is 2040. The van der Waals surface area contributed by atoms with Crippen molar-refractivity contribution < 1.29 is 46.6 Å². The number of aliphatic carboxylic acids is 1. The van der Waals surface area contributed by atoms with Crippen molar-refractivity contribution in [3.63, 3.8) is 0 Å². The van der Waals surface area contributed by atoms with Crippen LogP contribution in [-0.2, 0) is 11.2 Å². The summed E-state index contributed by atoms with van der Waals surface area (Å²) in [4.78, 5) is 42.8. The molecule has 0 saturated heterocycles. The lowest BCUT2D eigenvalue weighted by molar-refractivity contribution is -0.192. The standard InChI is InChI=1S/C31H32FN7O5.C2HF3O2/c1-5-19-16-23(26(32)25(17-19)43-15-14-38(3)4)27(34-21-12-10-20(11-13-21)28-33-18(2)44-37-28)29-35-31(42)39(36-29)24-9-7-6-8-22(24)30(40)41;3-2(4,5)1(6)7/h6-13,16-17,27,34H,5,14-15H2,1-4H3,(H,40,41)(H,35,36,42);(H,6,7). The Morgan fingerprint density at radius 1 is 1.10 bits per heavy atom. The molecule has 0 fully saturated rings. The SMILES string of the molecule is CCc1cc(OCCN(C)C)c(F)c(C(Nc2ccc(-c3noc(C)n3)cc2)c2nn(-c3ccccc3C(=O)O)c(=O)[nH]2)c1.O=C(O)C(F)(F)F. The number of H-pyrrole nitrogens is 1. The molecular formula is C33H33F4N7O7. The fourth-order valence-electron chi connectivity index (χ4n) is 4.60. The first kappa shape index (κ1) is 37.8. The van der Waals surface area contributed by atoms with Crippen LogP contribution in [0.4, 0.5) is 23.2 Å². The van der Waals surface area contributed by atoms with Gasteiger partial charge in [0.25, 0.3) is 0 Å². The molecule has 1 unspecified atom stereocenters. The number of hydrogen-bond acceptors (Lipinski definition) is 10.